The van der Waals surface area contributed by atoms with E-state index in [1.807, 2.05) is 11.3 Å². The number of thiophene rings is 1. The van der Waals surface area contributed by atoms with Crippen molar-refractivity contribution in [3.8, 4) is 0 Å². The number of ether oxygens (including phenoxy) is 1. The summed E-state index contributed by atoms with van der Waals surface area (Å²) in [5.74, 6) is 0.668. The van der Waals surface area contributed by atoms with Gasteiger partial charge in [0.15, 0.2) is 5.96 Å². The molecule has 2 N–H and O–H groups in total. The number of nitrogens with zero attached hydrogens (tertiary/aromatic N) is 2. The van der Waals surface area contributed by atoms with Crippen LogP contribution in [0.3, 0.4) is 0 Å². The van der Waals surface area contributed by atoms with Crippen LogP contribution in [0.5, 0.6) is 0 Å². The first-order valence-corrected chi connectivity index (χ1v) is 7.30. The third kappa shape index (κ3) is 2.24. The zero-order valence-corrected chi connectivity index (χ0v) is 11.4. The third-order valence-corrected chi connectivity index (χ3v) is 4.71. The quantitative estimate of drug-likeness (QED) is 0.908. The van der Waals surface area contributed by atoms with Crippen molar-refractivity contribution < 1.29 is 4.74 Å². The van der Waals surface area contributed by atoms with Crippen molar-refractivity contribution in [3.05, 3.63) is 21.9 Å². The van der Waals surface area contributed by atoms with Crippen LogP contribution in [0.2, 0.25) is 0 Å². The van der Waals surface area contributed by atoms with Gasteiger partial charge in [-0.05, 0) is 31.9 Å². The van der Waals surface area contributed by atoms with E-state index in [1.165, 1.54) is 16.2 Å². The predicted molar refractivity (Wildman–Crippen MR) is 74.0 cm³/mol. The van der Waals surface area contributed by atoms with Crippen molar-refractivity contribution in [2.45, 2.75) is 31.9 Å². The molecular formula is C13H19N3OS. The lowest BCUT2D eigenvalue weighted by molar-refractivity contribution is 0.0856. The van der Waals surface area contributed by atoms with E-state index in [1.54, 1.807) is 0 Å². The maximum absolute atomic E-state index is 6.02. The van der Waals surface area contributed by atoms with Gasteiger partial charge in [-0.15, -0.1) is 11.3 Å². The number of guanidine groups is 1. The van der Waals surface area contributed by atoms with Crippen LogP contribution in [0.1, 0.15) is 28.6 Å². The molecule has 0 saturated carbocycles. The van der Waals surface area contributed by atoms with Gasteiger partial charge >= 0.3 is 0 Å². The highest BCUT2D eigenvalue weighted by atomic mass is 32.1. The van der Waals surface area contributed by atoms with Crippen LogP contribution >= 0.6 is 11.3 Å². The molecule has 2 atom stereocenters. The van der Waals surface area contributed by atoms with E-state index >= 15 is 0 Å². The van der Waals surface area contributed by atoms with Crippen LogP contribution in [0.4, 0.5) is 0 Å². The van der Waals surface area contributed by atoms with Gasteiger partial charge in [-0.3, -0.25) is 4.99 Å². The predicted octanol–water partition coefficient (Wildman–Crippen LogP) is 1.91. The first kappa shape index (κ1) is 12.0. The molecule has 1 aromatic heterocycles. The SMILES string of the molecule is Cc1ccc(C2CN=C(N)N2CC2CCCO2)s1. The normalized spacial score (nSPS) is 27.8. The van der Waals surface area contributed by atoms with Crippen LogP contribution in [-0.2, 0) is 4.74 Å². The fraction of sp³-hybridized carbons (Fsp3) is 0.615. The minimum Gasteiger partial charge on any atom is -0.376 e. The lowest BCUT2D eigenvalue weighted by atomic mass is 10.2. The first-order valence-electron chi connectivity index (χ1n) is 6.48. The second-order valence-corrected chi connectivity index (χ2v) is 6.27. The van der Waals surface area contributed by atoms with Crippen molar-refractivity contribution in [1.29, 1.82) is 0 Å². The molecule has 18 heavy (non-hydrogen) atoms. The van der Waals surface area contributed by atoms with Gasteiger partial charge in [0, 0.05) is 22.9 Å². The Bertz CT molecular complexity index is 451. The molecule has 0 bridgehead atoms. The molecule has 1 aromatic rings. The van der Waals surface area contributed by atoms with Crippen molar-refractivity contribution in [2.24, 2.45) is 10.7 Å². The van der Waals surface area contributed by atoms with E-state index in [0.29, 0.717) is 18.1 Å². The molecule has 0 radical (unpaired) electrons. The largest absolute Gasteiger partial charge is 0.376 e. The van der Waals surface area contributed by atoms with Crippen LogP contribution < -0.4 is 5.73 Å². The van der Waals surface area contributed by atoms with Crippen LogP contribution in [0.15, 0.2) is 17.1 Å². The highest BCUT2D eigenvalue weighted by Crippen LogP contribution is 2.31. The summed E-state index contributed by atoms with van der Waals surface area (Å²) >= 11 is 1.84. The molecule has 2 aliphatic rings. The number of hydrogen-bond donors (Lipinski definition) is 1. The fourth-order valence-corrected chi connectivity index (χ4v) is 3.62. The molecule has 4 nitrogen and oxygen atoms in total. The van der Waals surface area contributed by atoms with Gasteiger partial charge in [-0.25, -0.2) is 0 Å². The van der Waals surface area contributed by atoms with Gasteiger partial charge in [0.25, 0.3) is 0 Å². The molecule has 2 aliphatic heterocycles. The Morgan fingerprint density at radius 1 is 1.56 bits per heavy atom. The van der Waals surface area contributed by atoms with Crippen LogP contribution in [0.25, 0.3) is 0 Å². The number of hydrogen-bond acceptors (Lipinski definition) is 5. The summed E-state index contributed by atoms with van der Waals surface area (Å²) in [7, 11) is 0. The molecule has 1 saturated heterocycles. The lowest BCUT2D eigenvalue weighted by Gasteiger charge is -2.27. The van der Waals surface area contributed by atoms with Gasteiger partial charge < -0.3 is 15.4 Å². The first-order chi connectivity index (χ1) is 8.74. The van der Waals surface area contributed by atoms with Crippen molar-refractivity contribution in [1.82, 2.24) is 4.90 Å². The molecule has 1 fully saturated rings. The molecule has 5 heteroatoms. The van der Waals surface area contributed by atoms with Crippen LogP contribution in [0, 0.1) is 6.92 Å². The van der Waals surface area contributed by atoms with Crippen molar-refractivity contribution >= 4 is 17.3 Å². The smallest absolute Gasteiger partial charge is 0.192 e. The van der Waals surface area contributed by atoms with Crippen molar-refractivity contribution in [2.75, 3.05) is 19.7 Å². The zero-order chi connectivity index (χ0) is 12.5. The lowest BCUT2D eigenvalue weighted by Crippen LogP contribution is -2.40. The summed E-state index contributed by atoms with van der Waals surface area (Å²) in [6.45, 7) is 4.67. The topological polar surface area (TPSA) is 50.8 Å². The van der Waals surface area contributed by atoms with Gasteiger partial charge in [0.2, 0.25) is 0 Å². The van der Waals surface area contributed by atoms with E-state index in [0.717, 1.165) is 26.1 Å². The number of aliphatic imine (C=N–C) groups is 1. The van der Waals surface area contributed by atoms with Gasteiger partial charge in [0.05, 0.1) is 18.7 Å². The fourth-order valence-electron chi connectivity index (χ4n) is 2.63. The Balaban J connectivity index is 1.74. The summed E-state index contributed by atoms with van der Waals surface area (Å²) in [5.41, 5.74) is 6.02. The standard InChI is InChI=1S/C13H19N3OS/c1-9-4-5-12(18-9)11-7-15-13(14)16(11)8-10-3-2-6-17-10/h4-5,10-11H,2-3,6-8H2,1H3,(H2,14,15). The monoisotopic (exact) mass is 265 g/mol. The van der Waals surface area contributed by atoms with E-state index in [-0.39, 0.29) is 0 Å². The summed E-state index contributed by atoms with van der Waals surface area (Å²) in [6, 6.07) is 4.67. The average Bonchev–Trinajstić information content (AvgIpc) is 3.04. The summed E-state index contributed by atoms with van der Waals surface area (Å²) in [6.07, 6.45) is 2.62. The summed E-state index contributed by atoms with van der Waals surface area (Å²) in [5, 5.41) is 0. The highest BCUT2D eigenvalue weighted by Gasteiger charge is 2.31. The molecule has 2 unspecified atom stereocenters. The molecule has 0 spiro atoms. The zero-order valence-electron chi connectivity index (χ0n) is 10.6. The minimum atomic E-state index is 0.313. The molecular weight excluding hydrogens is 246 g/mol. The third-order valence-electron chi connectivity index (χ3n) is 3.61. The summed E-state index contributed by atoms with van der Waals surface area (Å²) in [4.78, 5) is 9.30. The Morgan fingerprint density at radius 3 is 3.11 bits per heavy atom. The maximum atomic E-state index is 6.02. The Hall–Kier alpha value is -1.07. The van der Waals surface area contributed by atoms with Gasteiger partial charge in [0.1, 0.15) is 0 Å². The molecule has 0 amide bonds. The van der Waals surface area contributed by atoms with Gasteiger partial charge in [-0.1, -0.05) is 0 Å². The minimum absolute atomic E-state index is 0.313. The summed E-state index contributed by atoms with van der Waals surface area (Å²) < 4.78 is 5.70. The molecule has 98 valence electrons. The average molecular weight is 265 g/mol. The number of rotatable bonds is 3. The Labute approximate surface area is 111 Å². The van der Waals surface area contributed by atoms with Crippen molar-refractivity contribution in [3.63, 3.8) is 0 Å². The Morgan fingerprint density at radius 2 is 2.44 bits per heavy atom. The van der Waals surface area contributed by atoms with E-state index < -0.39 is 0 Å². The second kappa shape index (κ2) is 4.90. The number of nitrogens with two attached hydrogens (primary N) is 1. The highest BCUT2D eigenvalue weighted by molar-refractivity contribution is 7.12. The number of aryl methyl sites for hydroxylation is 1. The van der Waals surface area contributed by atoms with E-state index in [2.05, 4.69) is 28.9 Å². The van der Waals surface area contributed by atoms with E-state index in [4.69, 9.17) is 10.5 Å². The molecule has 3 heterocycles. The van der Waals surface area contributed by atoms with Crippen LogP contribution in [-0.4, -0.2) is 36.7 Å². The van der Waals surface area contributed by atoms with E-state index in [9.17, 15) is 0 Å². The molecule has 0 aromatic carbocycles. The maximum Gasteiger partial charge on any atom is 0.192 e. The second-order valence-electron chi connectivity index (χ2n) is 4.95. The Kier molecular flexibility index (Phi) is 3.26. The van der Waals surface area contributed by atoms with Gasteiger partial charge in [-0.2, -0.15) is 0 Å². The molecule has 3 rings (SSSR count). The molecule has 0 aliphatic carbocycles.